The van der Waals surface area contributed by atoms with E-state index in [1.165, 1.54) is 0 Å². The lowest BCUT2D eigenvalue weighted by atomic mass is 10.0. The highest BCUT2D eigenvalue weighted by atomic mass is 16.3. The number of aliphatic hydroxyl groups excluding tert-OH is 1. The zero-order chi connectivity index (χ0) is 15.8. The molecule has 5 nitrogen and oxygen atoms in total. The summed E-state index contributed by atoms with van der Waals surface area (Å²) in [7, 11) is 1.99. The lowest BCUT2D eigenvalue weighted by molar-refractivity contribution is 0.227. The molecule has 0 bridgehead atoms. The van der Waals surface area contributed by atoms with E-state index in [2.05, 4.69) is 22.5 Å². The van der Waals surface area contributed by atoms with Gasteiger partial charge in [0.1, 0.15) is 0 Å². The zero-order valence-corrected chi connectivity index (χ0v) is 13.4. The minimum absolute atomic E-state index is 0.0360. The molecule has 0 aromatic heterocycles. The Morgan fingerprint density at radius 2 is 2.00 bits per heavy atom. The van der Waals surface area contributed by atoms with E-state index in [1.54, 1.807) is 0 Å². The molecular weight excluding hydrogens is 266 g/mol. The molecule has 1 rings (SSSR count). The Labute approximate surface area is 127 Å². The molecule has 3 N–H and O–H groups in total. The van der Waals surface area contributed by atoms with E-state index in [9.17, 15) is 4.79 Å². The standard InChI is InChI=1S/C16H27N3O2/c1-5-19(4)15-9-7-6-8-14(15)18-16(21)17-13(10-11-20)12(2)3/h6-9,12-13,20H,5,10-11H2,1-4H3,(H2,17,18,21). The fraction of sp³-hybridized carbons (Fsp3) is 0.562. The summed E-state index contributed by atoms with van der Waals surface area (Å²) in [5, 5.41) is 14.9. The number of urea groups is 1. The van der Waals surface area contributed by atoms with E-state index in [4.69, 9.17) is 5.11 Å². The van der Waals surface area contributed by atoms with Crippen LogP contribution in [0.25, 0.3) is 0 Å². The van der Waals surface area contributed by atoms with Gasteiger partial charge in [0.05, 0.1) is 11.4 Å². The number of rotatable bonds is 7. The summed E-state index contributed by atoms with van der Waals surface area (Å²) in [6.45, 7) is 7.05. The third-order valence-electron chi connectivity index (χ3n) is 3.60. The Morgan fingerprint density at radius 1 is 1.33 bits per heavy atom. The Hall–Kier alpha value is -1.75. The first-order valence-corrected chi connectivity index (χ1v) is 7.48. The van der Waals surface area contributed by atoms with E-state index >= 15 is 0 Å². The van der Waals surface area contributed by atoms with Gasteiger partial charge in [-0.3, -0.25) is 0 Å². The molecule has 0 aliphatic heterocycles. The number of nitrogens with one attached hydrogen (secondary N) is 2. The van der Waals surface area contributed by atoms with Crippen molar-refractivity contribution in [2.24, 2.45) is 5.92 Å². The molecule has 21 heavy (non-hydrogen) atoms. The number of carbonyl (C=O) groups excluding carboxylic acids is 1. The van der Waals surface area contributed by atoms with Crippen LogP contribution >= 0.6 is 0 Å². The molecule has 0 spiro atoms. The van der Waals surface area contributed by atoms with Crippen LogP contribution in [0.5, 0.6) is 0 Å². The predicted octanol–water partition coefficient (Wildman–Crippen LogP) is 2.67. The number of carbonyl (C=O) groups is 1. The number of aliphatic hydroxyl groups is 1. The molecule has 118 valence electrons. The van der Waals surface area contributed by atoms with Crippen LogP contribution in [0.4, 0.5) is 16.2 Å². The molecule has 1 unspecified atom stereocenters. The van der Waals surface area contributed by atoms with Gasteiger partial charge in [-0.25, -0.2) is 4.79 Å². The van der Waals surface area contributed by atoms with Gasteiger partial charge >= 0.3 is 6.03 Å². The number of nitrogens with zero attached hydrogens (tertiary/aromatic N) is 1. The van der Waals surface area contributed by atoms with E-state index in [-0.39, 0.29) is 24.6 Å². The molecule has 0 saturated carbocycles. The molecule has 0 aliphatic rings. The second-order valence-electron chi connectivity index (χ2n) is 5.49. The molecule has 1 aromatic carbocycles. The van der Waals surface area contributed by atoms with Crippen molar-refractivity contribution in [1.82, 2.24) is 5.32 Å². The van der Waals surface area contributed by atoms with Crippen LogP contribution < -0.4 is 15.5 Å². The van der Waals surface area contributed by atoms with Gasteiger partial charge < -0.3 is 20.6 Å². The van der Waals surface area contributed by atoms with E-state index in [1.807, 2.05) is 45.2 Å². The fourth-order valence-electron chi connectivity index (χ4n) is 2.12. The Morgan fingerprint density at radius 3 is 2.57 bits per heavy atom. The van der Waals surface area contributed by atoms with Gasteiger partial charge in [-0.05, 0) is 31.4 Å². The number of hydrogen-bond acceptors (Lipinski definition) is 3. The molecular formula is C16H27N3O2. The van der Waals surface area contributed by atoms with Crippen LogP contribution in [0, 0.1) is 5.92 Å². The molecule has 5 heteroatoms. The van der Waals surface area contributed by atoms with Crippen molar-refractivity contribution in [2.45, 2.75) is 33.2 Å². The van der Waals surface area contributed by atoms with Crippen LogP contribution in [-0.2, 0) is 0 Å². The SMILES string of the molecule is CCN(C)c1ccccc1NC(=O)NC(CCO)C(C)C. The quantitative estimate of drug-likeness (QED) is 0.724. The lowest BCUT2D eigenvalue weighted by Gasteiger charge is -2.24. The first-order valence-electron chi connectivity index (χ1n) is 7.48. The van der Waals surface area contributed by atoms with E-state index in [0.717, 1.165) is 17.9 Å². The van der Waals surface area contributed by atoms with Crippen molar-refractivity contribution in [3.63, 3.8) is 0 Å². The average Bonchev–Trinajstić information content (AvgIpc) is 2.46. The topological polar surface area (TPSA) is 64.6 Å². The Bertz CT molecular complexity index is 449. The second-order valence-corrected chi connectivity index (χ2v) is 5.49. The van der Waals surface area contributed by atoms with Gasteiger partial charge in [0.15, 0.2) is 0 Å². The highest BCUT2D eigenvalue weighted by Gasteiger charge is 2.16. The summed E-state index contributed by atoms with van der Waals surface area (Å²) in [6, 6.07) is 7.44. The first kappa shape index (κ1) is 17.3. The van der Waals surface area contributed by atoms with Crippen LogP contribution in [0.2, 0.25) is 0 Å². The van der Waals surface area contributed by atoms with Crippen molar-refractivity contribution >= 4 is 17.4 Å². The maximum Gasteiger partial charge on any atom is 0.319 e. The lowest BCUT2D eigenvalue weighted by Crippen LogP contribution is -2.41. The van der Waals surface area contributed by atoms with Crippen LogP contribution in [0.1, 0.15) is 27.2 Å². The summed E-state index contributed by atoms with van der Waals surface area (Å²) in [4.78, 5) is 14.2. The predicted molar refractivity (Wildman–Crippen MR) is 87.9 cm³/mol. The zero-order valence-electron chi connectivity index (χ0n) is 13.4. The monoisotopic (exact) mass is 293 g/mol. The molecule has 0 saturated heterocycles. The number of amides is 2. The van der Waals surface area contributed by atoms with Crippen LogP contribution in [0.15, 0.2) is 24.3 Å². The van der Waals surface area contributed by atoms with Crippen LogP contribution in [0.3, 0.4) is 0 Å². The molecule has 0 radical (unpaired) electrons. The maximum absolute atomic E-state index is 12.1. The number of para-hydroxylation sites is 2. The molecule has 1 atom stereocenters. The highest BCUT2D eigenvalue weighted by Crippen LogP contribution is 2.24. The van der Waals surface area contributed by atoms with E-state index < -0.39 is 0 Å². The van der Waals surface area contributed by atoms with Crippen molar-refractivity contribution in [2.75, 3.05) is 30.4 Å². The van der Waals surface area contributed by atoms with Gasteiger partial charge in [0, 0.05) is 26.2 Å². The summed E-state index contributed by atoms with van der Waals surface area (Å²) >= 11 is 0. The summed E-state index contributed by atoms with van der Waals surface area (Å²) in [5.74, 6) is 0.274. The summed E-state index contributed by atoms with van der Waals surface area (Å²) < 4.78 is 0. The summed E-state index contributed by atoms with van der Waals surface area (Å²) in [5.41, 5.74) is 1.77. The normalized spacial score (nSPS) is 12.1. The number of anilines is 2. The fourth-order valence-corrected chi connectivity index (χ4v) is 2.12. The molecule has 0 heterocycles. The number of benzene rings is 1. The smallest absolute Gasteiger partial charge is 0.319 e. The number of hydrogen-bond donors (Lipinski definition) is 3. The highest BCUT2D eigenvalue weighted by molar-refractivity contribution is 5.93. The summed E-state index contributed by atoms with van der Waals surface area (Å²) in [6.07, 6.45) is 0.557. The largest absolute Gasteiger partial charge is 0.396 e. The van der Waals surface area contributed by atoms with Gasteiger partial charge in [0.2, 0.25) is 0 Å². The van der Waals surface area contributed by atoms with Gasteiger partial charge in [-0.1, -0.05) is 26.0 Å². The first-order chi connectivity index (χ1) is 9.99. The van der Waals surface area contributed by atoms with Gasteiger partial charge in [0.25, 0.3) is 0 Å². The van der Waals surface area contributed by atoms with Crippen LogP contribution in [-0.4, -0.2) is 37.4 Å². The average molecular weight is 293 g/mol. The van der Waals surface area contributed by atoms with Gasteiger partial charge in [-0.15, -0.1) is 0 Å². The second kappa shape index (κ2) is 8.52. The van der Waals surface area contributed by atoms with Crippen molar-refractivity contribution < 1.29 is 9.90 Å². The minimum atomic E-state index is -0.237. The minimum Gasteiger partial charge on any atom is -0.396 e. The molecule has 1 aromatic rings. The Balaban J connectivity index is 2.74. The Kier molecular flexibility index (Phi) is 7.02. The van der Waals surface area contributed by atoms with Crippen molar-refractivity contribution in [1.29, 1.82) is 0 Å². The maximum atomic E-state index is 12.1. The van der Waals surface area contributed by atoms with Gasteiger partial charge in [-0.2, -0.15) is 0 Å². The van der Waals surface area contributed by atoms with Crippen molar-refractivity contribution in [3.05, 3.63) is 24.3 Å². The molecule has 0 fully saturated rings. The third-order valence-corrected chi connectivity index (χ3v) is 3.60. The third kappa shape index (κ3) is 5.27. The molecule has 0 aliphatic carbocycles. The van der Waals surface area contributed by atoms with Crippen molar-refractivity contribution in [3.8, 4) is 0 Å². The van der Waals surface area contributed by atoms with E-state index in [0.29, 0.717) is 6.42 Å². The molecule has 2 amide bonds.